The number of anilines is 1. The molecule has 2 unspecified atom stereocenters. The van der Waals surface area contributed by atoms with Gasteiger partial charge in [0.1, 0.15) is 0 Å². The number of hydrogen-bond donors (Lipinski definition) is 2. The molecule has 5 heteroatoms. The molecule has 2 amide bonds. The van der Waals surface area contributed by atoms with Crippen LogP contribution in [0.4, 0.5) is 5.69 Å². The summed E-state index contributed by atoms with van der Waals surface area (Å²) in [6, 6.07) is 17.7. The van der Waals surface area contributed by atoms with Crippen molar-refractivity contribution in [2.45, 2.75) is 26.3 Å². The van der Waals surface area contributed by atoms with Gasteiger partial charge in [0.2, 0.25) is 11.8 Å². The fourth-order valence-electron chi connectivity index (χ4n) is 3.83. The Hall–Kier alpha value is -3.08. The fraction of sp³-hybridized carbons (Fsp3) is 0.273. The second kappa shape index (κ2) is 6.91. The Kier molecular flexibility index (Phi) is 4.44. The maximum Gasteiger partial charge on any atom is 0.229 e. The number of nitrogens with zero attached hydrogens (tertiary/aromatic N) is 1. The van der Waals surface area contributed by atoms with Crippen molar-refractivity contribution in [3.05, 3.63) is 65.9 Å². The lowest BCUT2D eigenvalue weighted by Gasteiger charge is -2.25. The molecule has 2 aromatic carbocycles. The summed E-state index contributed by atoms with van der Waals surface area (Å²) < 4.78 is 0. The van der Waals surface area contributed by atoms with Crippen LogP contribution >= 0.6 is 0 Å². The normalized spacial score (nSPS) is 18.1. The van der Waals surface area contributed by atoms with Gasteiger partial charge in [-0.05, 0) is 37.6 Å². The number of aromatic amines is 1. The highest BCUT2D eigenvalue weighted by Crippen LogP contribution is 2.30. The maximum atomic E-state index is 12.8. The summed E-state index contributed by atoms with van der Waals surface area (Å²) in [6.45, 7) is 4.45. The first-order chi connectivity index (χ1) is 13.0. The summed E-state index contributed by atoms with van der Waals surface area (Å²) in [7, 11) is 0. The molecule has 2 N–H and O–H groups in total. The summed E-state index contributed by atoms with van der Waals surface area (Å²) >= 11 is 0. The average Bonchev–Trinajstić information content (AvgIpc) is 3.24. The predicted molar refractivity (Wildman–Crippen MR) is 106 cm³/mol. The van der Waals surface area contributed by atoms with Crippen molar-refractivity contribution in [2.24, 2.45) is 5.92 Å². The van der Waals surface area contributed by atoms with E-state index in [2.05, 4.69) is 10.3 Å². The SMILES string of the molecule is Cc1cc2c(NC(=O)C3CC(=O)N(C(C)c4ccccc4)C3)cccc2[nH]1. The molecule has 1 aliphatic heterocycles. The Morgan fingerprint density at radius 2 is 1.96 bits per heavy atom. The van der Waals surface area contributed by atoms with Crippen LogP contribution in [-0.4, -0.2) is 28.2 Å². The number of aryl methyl sites for hydroxylation is 1. The monoisotopic (exact) mass is 361 g/mol. The van der Waals surface area contributed by atoms with Crippen molar-refractivity contribution in [3.63, 3.8) is 0 Å². The molecule has 0 aliphatic carbocycles. The molecule has 0 saturated carbocycles. The highest BCUT2D eigenvalue weighted by molar-refractivity contribution is 6.04. The van der Waals surface area contributed by atoms with E-state index in [1.165, 1.54) is 0 Å². The van der Waals surface area contributed by atoms with E-state index in [-0.39, 0.29) is 30.2 Å². The Labute approximate surface area is 158 Å². The molecule has 5 nitrogen and oxygen atoms in total. The Bertz CT molecular complexity index is 993. The molecule has 138 valence electrons. The summed E-state index contributed by atoms with van der Waals surface area (Å²) in [5.41, 5.74) is 3.90. The number of H-pyrrole nitrogens is 1. The minimum atomic E-state index is -0.334. The third-order valence-corrected chi connectivity index (χ3v) is 5.34. The number of rotatable bonds is 4. The van der Waals surface area contributed by atoms with Crippen molar-refractivity contribution >= 4 is 28.4 Å². The smallest absolute Gasteiger partial charge is 0.229 e. The van der Waals surface area contributed by atoms with Crippen LogP contribution in [0.25, 0.3) is 10.9 Å². The van der Waals surface area contributed by atoms with E-state index < -0.39 is 0 Å². The van der Waals surface area contributed by atoms with Gasteiger partial charge in [0.05, 0.1) is 17.6 Å². The van der Waals surface area contributed by atoms with Crippen LogP contribution in [0.3, 0.4) is 0 Å². The van der Waals surface area contributed by atoms with Crippen LogP contribution in [0.5, 0.6) is 0 Å². The van der Waals surface area contributed by atoms with Crippen LogP contribution in [0.15, 0.2) is 54.6 Å². The van der Waals surface area contributed by atoms with Gasteiger partial charge in [-0.15, -0.1) is 0 Å². The lowest BCUT2D eigenvalue weighted by atomic mass is 10.1. The van der Waals surface area contributed by atoms with Gasteiger partial charge in [0.25, 0.3) is 0 Å². The number of fused-ring (bicyclic) bond motifs is 1. The van der Waals surface area contributed by atoms with Crippen molar-refractivity contribution in [2.75, 3.05) is 11.9 Å². The minimum absolute atomic E-state index is 0.0298. The lowest BCUT2D eigenvalue weighted by molar-refractivity contribution is -0.129. The van der Waals surface area contributed by atoms with Crippen LogP contribution in [0.2, 0.25) is 0 Å². The number of aromatic nitrogens is 1. The number of benzene rings is 2. The molecule has 0 bridgehead atoms. The number of likely N-dealkylation sites (tertiary alicyclic amines) is 1. The van der Waals surface area contributed by atoms with E-state index >= 15 is 0 Å². The van der Waals surface area contributed by atoms with E-state index in [4.69, 9.17) is 0 Å². The molecule has 3 aromatic rings. The summed E-state index contributed by atoms with van der Waals surface area (Å²) in [5.74, 6) is -0.404. The second-order valence-electron chi connectivity index (χ2n) is 7.24. The molecule has 1 fully saturated rings. The highest BCUT2D eigenvalue weighted by Gasteiger charge is 2.37. The first kappa shape index (κ1) is 17.3. The predicted octanol–water partition coefficient (Wildman–Crippen LogP) is 4.02. The van der Waals surface area contributed by atoms with E-state index in [1.807, 2.05) is 68.4 Å². The van der Waals surface area contributed by atoms with Crippen molar-refractivity contribution in [3.8, 4) is 0 Å². The number of nitrogens with one attached hydrogen (secondary N) is 2. The van der Waals surface area contributed by atoms with Gasteiger partial charge in [-0.3, -0.25) is 9.59 Å². The molecule has 0 spiro atoms. The van der Waals surface area contributed by atoms with Gasteiger partial charge < -0.3 is 15.2 Å². The van der Waals surface area contributed by atoms with E-state index in [9.17, 15) is 9.59 Å². The van der Waals surface area contributed by atoms with E-state index in [0.717, 1.165) is 27.8 Å². The van der Waals surface area contributed by atoms with Crippen molar-refractivity contribution < 1.29 is 9.59 Å². The summed E-state index contributed by atoms with van der Waals surface area (Å²) in [6.07, 6.45) is 0.255. The quantitative estimate of drug-likeness (QED) is 0.737. The standard InChI is InChI=1S/C22H23N3O2/c1-14-11-18-19(23-14)9-6-10-20(18)24-22(27)17-12-21(26)25(13-17)15(2)16-7-4-3-5-8-16/h3-11,15,17,23H,12-13H2,1-2H3,(H,24,27). The first-order valence-electron chi connectivity index (χ1n) is 9.26. The number of amides is 2. The lowest BCUT2D eigenvalue weighted by Crippen LogP contribution is -2.30. The molecule has 27 heavy (non-hydrogen) atoms. The van der Waals surface area contributed by atoms with Gasteiger partial charge in [-0.1, -0.05) is 36.4 Å². The maximum absolute atomic E-state index is 12.8. The molecule has 1 saturated heterocycles. The molecule has 4 rings (SSSR count). The Morgan fingerprint density at radius 3 is 2.74 bits per heavy atom. The van der Waals surface area contributed by atoms with Gasteiger partial charge in [-0.2, -0.15) is 0 Å². The number of carbonyl (C=O) groups is 2. The molecular formula is C22H23N3O2. The van der Waals surface area contributed by atoms with Crippen LogP contribution in [0, 0.1) is 12.8 Å². The topological polar surface area (TPSA) is 65.2 Å². The summed E-state index contributed by atoms with van der Waals surface area (Å²) in [5, 5.41) is 4.01. The molecule has 1 aliphatic rings. The number of carbonyl (C=O) groups excluding carboxylic acids is 2. The van der Waals surface area contributed by atoms with Crippen LogP contribution in [-0.2, 0) is 9.59 Å². The van der Waals surface area contributed by atoms with Crippen LogP contribution in [0.1, 0.15) is 30.6 Å². The van der Waals surface area contributed by atoms with E-state index in [0.29, 0.717) is 6.54 Å². The van der Waals surface area contributed by atoms with Gasteiger partial charge in [0.15, 0.2) is 0 Å². The largest absolute Gasteiger partial charge is 0.359 e. The fourth-order valence-corrected chi connectivity index (χ4v) is 3.83. The first-order valence-corrected chi connectivity index (χ1v) is 9.26. The van der Waals surface area contributed by atoms with Crippen LogP contribution < -0.4 is 5.32 Å². The van der Waals surface area contributed by atoms with Gasteiger partial charge >= 0.3 is 0 Å². The van der Waals surface area contributed by atoms with E-state index in [1.54, 1.807) is 4.90 Å². The molecule has 1 aromatic heterocycles. The van der Waals surface area contributed by atoms with Gasteiger partial charge in [-0.25, -0.2) is 0 Å². The number of hydrogen-bond acceptors (Lipinski definition) is 2. The summed E-state index contributed by atoms with van der Waals surface area (Å²) in [4.78, 5) is 30.4. The molecule has 2 heterocycles. The highest BCUT2D eigenvalue weighted by atomic mass is 16.2. The van der Waals surface area contributed by atoms with Gasteiger partial charge in [0, 0.05) is 29.6 Å². The van der Waals surface area contributed by atoms with Crippen molar-refractivity contribution in [1.29, 1.82) is 0 Å². The molecular weight excluding hydrogens is 338 g/mol. The Balaban J connectivity index is 1.49. The average molecular weight is 361 g/mol. The third kappa shape index (κ3) is 3.33. The second-order valence-corrected chi connectivity index (χ2v) is 7.24. The third-order valence-electron chi connectivity index (χ3n) is 5.34. The zero-order chi connectivity index (χ0) is 19.0. The Morgan fingerprint density at radius 1 is 1.19 bits per heavy atom. The zero-order valence-electron chi connectivity index (χ0n) is 15.5. The minimum Gasteiger partial charge on any atom is -0.359 e. The molecule has 2 atom stereocenters. The molecule has 0 radical (unpaired) electrons. The zero-order valence-corrected chi connectivity index (χ0v) is 15.5. The van der Waals surface area contributed by atoms with Crippen molar-refractivity contribution in [1.82, 2.24) is 9.88 Å².